The van der Waals surface area contributed by atoms with Gasteiger partial charge in [0.1, 0.15) is 0 Å². The quantitative estimate of drug-likeness (QED) is 0.649. The number of methoxy groups -OCH3 is 2. The third-order valence-corrected chi connectivity index (χ3v) is 3.71. The Morgan fingerprint density at radius 3 is 2.84 bits per heavy atom. The molecule has 0 saturated heterocycles. The van der Waals surface area contributed by atoms with Gasteiger partial charge in [-0.1, -0.05) is 16.8 Å². The molecule has 8 nitrogen and oxygen atoms in total. The third-order valence-electron chi connectivity index (χ3n) is 3.43. The number of nitrogens with zero attached hydrogens (tertiary/aromatic N) is 2. The first-order valence-corrected chi connectivity index (χ1v) is 8.18. The molecular weight excluding hydrogens is 348 g/mol. The fraction of sp³-hybridized carbons (Fsp3) is 0.438. The summed E-state index contributed by atoms with van der Waals surface area (Å²) >= 11 is 6.18. The summed E-state index contributed by atoms with van der Waals surface area (Å²) in [6, 6.07) is 3.37. The Kier molecular flexibility index (Phi) is 7.03. The zero-order valence-corrected chi connectivity index (χ0v) is 14.9. The van der Waals surface area contributed by atoms with Crippen LogP contribution in [0.25, 0.3) is 11.4 Å². The van der Waals surface area contributed by atoms with E-state index >= 15 is 0 Å². The maximum Gasteiger partial charge on any atom is 0.227 e. The number of rotatable bonds is 9. The SMILES string of the molecule is COc1cc(-c2noc(CCC(=O)NCCCN)n2)cc(Cl)c1OC. The predicted molar refractivity (Wildman–Crippen MR) is 92.9 cm³/mol. The molecule has 0 atom stereocenters. The highest BCUT2D eigenvalue weighted by Crippen LogP contribution is 2.38. The first kappa shape index (κ1) is 19.0. The number of ether oxygens (including phenoxy) is 2. The number of nitrogens with two attached hydrogens (primary N) is 1. The van der Waals surface area contributed by atoms with Crippen molar-refractivity contribution >= 4 is 17.5 Å². The minimum absolute atomic E-state index is 0.0811. The lowest BCUT2D eigenvalue weighted by molar-refractivity contribution is -0.121. The first-order chi connectivity index (χ1) is 12.1. The lowest BCUT2D eigenvalue weighted by atomic mass is 10.2. The van der Waals surface area contributed by atoms with Crippen LogP contribution < -0.4 is 20.5 Å². The van der Waals surface area contributed by atoms with Crippen LogP contribution in [0.3, 0.4) is 0 Å². The van der Waals surface area contributed by atoms with E-state index in [2.05, 4.69) is 15.5 Å². The second-order valence-electron chi connectivity index (χ2n) is 5.20. The Hall–Kier alpha value is -2.32. The molecule has 0 aliphatic rings. The van der Waals surface area contributed by atoms with Gasteiger partial charge in [0.2, 0.25) is 17.6 Å². The monoisotopic (exact) mass is 368 g/mol. The lowest BCUT2D eigenvalue weighted by Gasteiger charge is -2.10. The Morgan fingerprint density at radius 2 is 2.16 bits per heavy atom. The summed E-state index contributed by atoms with van der Waals surface area (Å²) in [4.78, 5) is 16.0. The standard InChI is InChI=1S/C16H21ClN4O4/c1-23-12-9-10(8-11(17)15(12)24-2)16-20-14(25-21-16)5-4-13(22)19-7-3-6-18/h8-9H,3-7,18H2,1-2H3,(H,19,22). The highest BCUT2D eigenvalue weighted by molar-refractivity contribution is 6.32. The van der Waals surface area contributed by atoms with Gasteiger partial charge in [0, 0.05) is 24.9 Å². The summed E-state index contributed by atoms with van der Waals surface area (Å²) < 4.78 is 15.6. The van der Waals surface area contributed by atoms with Crippen LogP contribution >= 0.6 is 11.6 Å². The largest absolute Gasteiger partial charge is 0.493 e. The van der Waals surface area contributed by atoms with Crippen LogP contribution in [0, 0.1) is 0 Å². The number of aryl methyl sites for hydroxylation is 1. The van der Waals surface area contributed by atoms with Gasteiger partial charge in [0.15, 0.2) is 11.5 Å². The number of benzene rings is 1. The number of hydrogen-bond donors (Lipinski definition) is 2. The van der Waals surface area contributed by atoms with Crippen molar-refractivity contribution in [3.05, 3.63) is 23.0 Å². The van der Waals surface area contributed by atoms with Crippen molar-refractivity contribution in [3.8, 4) is 22.9 Å². The summed E-state index contributed by atoms with van der Waals surface area (Å²) in [5.74, 6) is 1.56. The molecule has 1 aromatic heterocycles. The van der Waals surface area contributed by atoms with Crippen LogP contribution in [0.1, 0.15) is 18.7 Å². The minimum Gasteiger partial charge on any atom is -0.493 e. The van der Waals surface area contributed by atoms with Gasteiger partial charge in [-0.25, -0.2) is 0 Å². The normalized spacial score (nSPS) is 10.6. The van der Waals surface area contributed by atoms with E-state index in [9.17, 15) is 4.79 Å². The molecule has 136 valence electrons. The molecule has 0 saturated carbocycles. The van der Waals surface area contributed by atoms with E-state index in [1.807, 2.05) is 0 Å². The lowest BCUT2D eigenvalue weighted by Crippen LogP contribution is -2.26. The highest BCUT2D eigenvalue weighted by Gasteiger charge is 2.16. The van der Waals surface area contributed by atoms with Crippen LogP contribution in [-0.4, -0.2) is 43.4 Å². The molecular formula is C16H21ClN4O4. The summed E-state index contributed by atoms with van der Waals surface area (Å²) in [6.45, 7) is 1.11. The highest BCUT2D eigenvalue weighted by atomic mass is 35.5. The van der Waals surface area contributed by atoms with Crippen LogP contribution in [0.15, 0.2) is 16.7 Å². The summed E-state index contributed by atoms with van der Waals surface area (Å²) in [6.07, 6.45) is 1.36. The molecule has 25 heavy (non-hydrogen) atoms. The molecule has 0 aliphatic heterocycles. The number of aromatic nitrogens is 2. The van der Waals surface area contributed by atoms with Crippen LogP contribution in [0.4, 0.5) is 0 Å². The third kappa shape index (κ3) is 5.07. The predicted octanol–water partition coefficient (Wildman–Crippen LogP) is 1.80. The maximum atomic E-state index is 11.7. The molecule has 2 aromatic rings. The molecule has 0 spiro atoms. The molecule has 1 amide bonds. The molecule has 1 aromatic carbocycles. The Labute approximate surface area is 150 Å². The summed E-state index contributed by atoms with van der Waals surface area (Å²) in [5.41, 5.74) is 6.01. The van der Waals surface area contributed by atoms with Crippen molar-refractivity contribution in [1.82, 2.24) is 15.5 Å². The fourth-order valence-electron chi connectivity index (χ4n) is 2.16. The number of carbonyl (C=O) groups excluding carboxylic acids is 1. The topological polar surface area (TPSA) is 112 Å². The zero-order chi connectivity index (χ0) is 18.2. The molecule has 9 heteroatoms. The van der Waals surface area contributed by atoms with Crippen molar-refractivity contribution in [3.63, 3.8) is 0 Å². The first-order valence-electron chi connectivity index (χ1n) is 7.80. The van der Waals surface area contributed by atoms with E-state index in [0.29, 0.717) is 53.3 Å². The van der Waals surface area contributed by atoms with Crippen LogP contribution in [0.5, 0.6) is 11.5 Å². The molecule has 0 aliphatic carbocycles. The second-order valence-corrected chi connectivity index (χ2v) is 5.60. The van der Waals surface area contributed by atoms with Crippen LogP contribution in [-0.2, 0) is 11.2 Å². The Morgan fingerprint density at radius 1 is 1.36 bits per heavy atom. The van der Waals surface area contributed by atoms with Gasteiger partial charge < -0.3 is 25.0 Å². The maximum absolute atomic E-state index is 11.7. The van der Waals surface area contributed by atoms with Gasteiger partial charge in [0.05, 0.1) is 19.2 Å². The van der Waals surface area contributed by atoms with E-state index < -0.39 is 0 Å². The number of nitrogens with one attached hydrogen (secondary N) is 1. The van der Waals surface area contributed by atoms with Gasteiger partial charge in [-0.2, -0.15) is 4.98 Å². The smallest absolute Gasteiger partial charge is 0.227 e. The zero-order valence-electron chi connectivity index (χ0n) is 14.2. The van der Waals surface area contributed by atoms with Gasteiger partial charge in [-0.3, -0.25) is 4.79 Å². The van der Waals surface area contributed by atoms with E-state index in [4.69, 9.17) is 31.3 Å². The number of carbonyl (C=O) groups is 1. The molecule has 0 unspecified atom stereocenters. The van der Waals surface area contributed by atoms with Gasteiger partial charge in [-0.15, -0.1) is 0 Å². The van der Waals surface area contributed by atoms with Gasteiger partial charge >= 0.3 is 0 Å². The van der Waals surface area contributed by atoms with E-state index in [-0.39, 0.29) is 12.3 Å². The van der Waals surface area contributed by atoms with Crippen molar-refractivity contribution in [2.24, 2.45) is 5.73 Å². The van der Waals surface area contributed by atoms with Gasteiger partial charge in [0.25, 0.3) is 0 Å². The molecule has 1 heterocycles. The van der Waals surface area contributed by atoms with E-state index in [1.165, 1.54) is 14.2 Å². The van der Waals surface area contributed by atoms with Crippen molar-refractivity contribution in [2.45, 2.75) is 19.3 Å². The Bertz CT molecular complexity index is 720. The van der Waals surface area contributed by atoms with E-state index in [1.54, 1.807) is 12.1 Å². The van der Waals surface area contributed by atoms with E-state index in [0.717, 1.165) is 6.42 Å². The van der Waals surface area contributed by atoms with Gasteiger partial charge in [-0.05, 0) is 25.1 Å². The molecule has 3 N–H and O–H groups in total. The second kappa shape index (κ2) is 9.24. The van der Waals surface area contributed by atoms with Crippen molar-refractivity contribution in [2.75, 3.05) is 27.3 Å². The molecule has 0 fully saturated rings. The van der Waals surface area contributed by atoms with Crippen molar-refractivity contribution in [1.29, 1.82) is 0 Å². The fourth-order valence-corrected chi connectivity index (χ4v) is 2.45. The summed E-state index contributed by atoms with van der Waals surface area (Å²) in [5, 5.41) is 7.07. The van der Waals surface area contributed by atoms with Crippen LogP contribution in [0.2, 0.25) is 5.02 Å². The number of halogens is 1. The average molecular weight is 369 g/mol. The van der Waals surface area contributed by atoms with Crippen molar-refractivity contribution < 1.29 is 18.8 Å². The summed E-state index contributed by atoms with van der Waals surface area (Å²) in [7, 11) is 3.03. The Balaban J connectivity index is 2.04. The minimum atomic E-state index is -0.0811. The number of amides is 1. The average Bonchev–Trinajstić information content (AvgIpc) is 3.08. The molecule has 2 rings (SSSR count). The number of hydrogen-bond acceptors (Lipinski definition) is 7. The molecule has 0 bridgehead atoms. The molecule has 0 radical (unpaired) electrons.